The number of hydrogen-bond acceptors (Lipinski definition) is 2. The first kappa shape index (κ1) is 16.7. The molecule has 0 heterocycles. The molecule has 4 heteroatoms. The van der Waals surface area contributed by atoms with Gasteiger partial charge in [-0.1, -0.05) is 13.3 Å². The van der Waals surface area contributed by atoms with Crippen molar-refractivity contribution in [2.75, 3.05) is 6.54 Å². The van der Waals surface area contributed by atoms with E-state index < -0.39 is 5.41 Å². The minimum Gasteiger partial charge on any atom is -0.353 e. The molecule has 0 bridgehead atoms. The lowest BCUT2D eigenvalue weighted by Crippen LogP contribution is -2.47. The lowest BCUT2D eigenvalue weighted by molar-refractivity contribution is -0.129. The Bertz CT molecular complexity index is 236. The number of carbonyl (C=O) groups excluding carboxylic acids is 1. The molecule has 3 N–H and O–H groups in total. The van der Waals surface area contributed by atoms with Crippen LogP contribution in [0.25, 0.3) is 0 Å². The number of halogens is 1. The molecule has 0 atom stereocenters. The molecule has 0 aliphatic heterocycles. The summed E-state index contributed by atoms with van der Waals surface area (Å²) in [6.45, 7) is 6.46. The quantitative estimate of drug-likeness (QED) is 0.818. The minimum atomic E-state index is -0.429. The molecule has 1 aliphatic rings. The van der Waals surface area contributed by atoms with E-state index in [1.807, 2.05) is 13.8 Å². The summed E-state index contributed by atoms with van der Waals surface area (Å²) in [4.78, 5) is 11.9. The molecule has 1 amide bonds. The van der Waals surface area contributed by atoms with Crippen molar-refractivity contribution in [1.82, 2.24) is 5.32 Å². The number of carbonyl (C=O) groups is 1. The van der Waals surface area contributed by atoms with Gasteiger partial charge in [-0.2, -0.15) is 0 Å². The zero-order valence-corrected chi connectivity index (χ0v) is 12.1. The predicted octanol–water partition coefficient (Wildman–Crippen LogP) is 2.48. The first-order valence-corrected chi connectivity index (χ1v) is 6.50. The summed E-state index contributed by atoms with van der Waals surface area (Å²) in [6.07, 6.45) is 6.04. The molecule has 17 heavy (non-hydrogen) atoms. The first-order chi connectivity index (χ1) is 7.49. The van der Waals surface area contributed by atoms with Crippen LogP contribution >= 0.6 is 12.4 Å². The van der Waals surface area contributed by atoms with Gasteiger partial charge in [0, 0.05) is 12.6 Å². The number of nitrogens with one attached hydrogen (secondary N) is 1. The third-order valence-corrected chi connectivity index (χ3v) is 3.88. The lowest BCUT2D eigenvalue weighted by Gasteiger charge is -2.31. The minimum absolute atomic E-state index is 0. The maximum atomic E-state index is 11.9. The van der Waals surface area contributed by atoms with E-state index in [-0.39, 0.29) is 18.3 Å². The van der Waals surface area contributed by atoms with Crippen molar-refractivity contribution in [3.63, 3.8) is 0 Å². The Morgan fingerprint density at radius 2 is 1.82 bits per heavy atom. The van der Waals surface area contributed by atoms with Crippen molar-refractivity contribution in [2.24, 2.45) is 17.1 Å². The number of hydrogen-bond donors (Lipinski definition) is 2. The van der Waals surface area contributed by atoms with Crippen molar-refractivity contribution >= 4 is 18.3 Å². The van der Waals surface area contributed by atoms with Crippen LogP contribution in [0.5, 0.6) is 0 Å². The fourth-order valence-electron chi connectivity index (χ4n) is 2.19. The summed E-state index contributed by atoms with van der Waals surface area (Å²) < 4.78 is 0. The van der Waals surface area contributed by atoms with Gasteiger partial charge in [0.2, 0.25) is 5.91 Å². The molecule has 0 aromatic rings. The van der Waals surface area contributed by atoms with Crippen molar-refractivity contribution in [3.05, 3.63) is 0 Å². The Morgan fingerprint density at radius 3 is 2.24 bits per heavy atom. The van der Waals surface area contributed by atoms with Crippen molar-refractivity contribution in [1.29, 1.82) is 0 Å². The number of nitrogens with two attached hydrogens (primary N) is 1. The second-order valence-electron chi connectivity index (χ2n) is 5.69. The molecule has 102 valence electrons. The van der Waals surface area contributed by atoms with Crippen LogP contribution in [0.2, 0.25) is 0 Å². The summed E-state index contributed by atoms with van der Waals surface area (Å²) in [5.41, 5.74) is 5.17. The van der Waals surface area contributed by atoms with E-state index in [1.54, 1.807) is 0 Å². The largest absolute Gasteiger partial charge is 0.353 e. The molecule has 0 spiro atoms. The van der Waals surface area contributed by atoms with Crippen LogP contribution in [0, 0.1) is 11.3 Å². The average Bonchev–Trinajstić information content (AvgIpc) is 2.30. The fraction of sp³-hybridized carbons (Fsp3) is 0.923. The van der Waals surface area contributed by atoms with Gasteiger partial charge in [0.1, 0.15) is 0 Å². The maximum absolute atomic E-state index is 11.9. The summed E-state index contributed by atoms with van der Waals surface area (Å²) in [5, 5.41) is 3.14. The van der Waals surface area contributed by atoms with Crippen LogP contribution < -0.4 is 11.1 Å². The lowest BCUT2D eigenvalue weighted by atomic mass is 9.83. The molecule has 1 fully saturated rings. The Kier molecular flexibility index (Phi) is 7.10. The smallest absolute Gasteiger partial charge is 0.227 e. The number of amides is 1. The van der Waals surface area contributed by atoms with Gasteiger partial charge in [0.25, 0.3) is 0 Å². The zero-order chi connectivity index (χ0) is 12.2. The standard InChI is InChI=1S/C13H26N2O.ClH/c1-4-10-5-7-11(8-6-10)15-12(16)13(2,3)9-14;/h10-11H,4-9,14H2,1-3H3,(H,15,16);1H. The molecule has 0 aromatic carbocycles. The van der Waals surface area contributed by atoms with E-state index >= 15 is 0 Å². The first-order valence-electron chi connectivity index (χ1n) is 6.50. The second kappa shape index (κ2) is 7.22. The van der Waals surface area contributed by atoms with Gasteiger partial charge in [-0.3, -0.25) is 4.79 Å². The van der Waals surface area contributed by atoms with Gasteiger partial charge in [-0.05, 0) is 45.4 Å². The van der Waals surface area contributed by atoms with Gasteiger partial charge in [-0.25, -0.2) is 0 Å². The van der Waals surface area contributed by atoms with Gasteiger partial charge in [-0.15, -0.1) is 12.4 Å². The molecule has 0 aromatic heterocycles. The fourth-order valence-corrected chi connectivity index (χ4v) is 2.19. The Hall–Kier alpha value is -0.280. The van der Waals surface area contributed by atoms with E-state index in [2.05, 4.69) is 12.2 Å². The SMILES string of the molecule is CCC1CCC(NC(=O)C(C)(C)CN)CC1.Cl. The third kappa shape index (κ3) is 4.84. The van der Waals surface area contributed by atoms with Gasteiger partial charge >= 0.3 is 0 Å². The summed E-state index contributed by atoms with van der Waals surface area (Å²) in [5.74, 6) is 0.977. The van der Waals surface area contributed by atoms with Gasteiger partial charge in [0.15, 0.2) is 0 Å². The Balaban J connectivity index is 0.00000256. The highest BCUT2D eigenvalue weighted by atomic mass is 35.5. The molecule has 0 unspecified atom stereocenters. The van der Waals surface area contributed by atoms with Gasteiger partial charge in [0.05, 0.1) is 5.41 Å². The highest BCUT2D eigenvalue weighted by molar-refractivity contribution is 5.85. The molecular formula is C13H27ClN2O. The Morgan fingerprint density at radius 1 is 1.29 bits per heavy atom. The van der Waals surface area contributed by atoms with Crippen LogP contribution in [0.15, 0.2) is 0 Å². The van der Waals surface area contributed by atoms with Crippen molar-refractivity contribution in [3.8, 4) is 0 Å². The molecule has 1 aliphatic carbocycles. The van der Waals surface area contributed by atoms with E-state index in [1.165, 1.54) is 19.3 Å². The zero-order valence-electron chi connectivity index (χ0n) is 11.3. The number of rotatable bonds is 4. The average molecular weight is 263 g/mol. The molecule has 3 nitrogen and oxygen atoms in total. The Labute approximate surface area is 111 Å². The maximum Gasteiger partial charge on any atom is 0.227 e. The molecule has 0 saturated heterocycles. The third-order valence-electron chi connectivity index (χ3n) is 3.88. The highest BCUT2D eigenvalue weighted by Gasteiger charge is 2.29. The summed E-state index contributed by atoms with van der Waals surface area (Å²) in [6, 6.07) is 0.376. The van der Waals surface area contributed by atoms with E-state index in [0.29, 0.717) is 12.6 Å². The van der Waals surface area contributed by atoms with Crippen molar-refractivity contribution < 1.29 is 4.79 Å². The van der Waals surface area contributed by atoms with E-state index in [9.17, 15) is 4.79 Å². The molecule has 1 rings (SSSR count). The summed E-state index contributed by atoms with van der Waals surface area (Å²) in [7, 11) is 0. The van der Waals surface area contributed by atoms with Crippen LogP contribution in [-0.4, -0.2) is 18.5 Å². The normalized spacial score (nSPS) is 24.9. The van der Waals surface area contributed by atoms with Crippen LogP contribution in [0.3, 0.4) is 0 Å². The van der Waals surface area contributed by atoms with Gasteiger partial charge < -0.3 is 11.1 Å². The molecule has 0 radical (unpaired) electrons. The monoisotopic (exact) mass is 262 g/mol. The molecule has 1 saturated carbocycles. The topological polar surface area (TPSA) is 55.1 Å². The molecular weight excluding hydrogens is 236 g/mol. The van der Waals surface area contributed by atoms with Crippen LogP contribution in [0.1, 0.15) is 52.9 Å². The van der Waals surface area contributed by atoms with E-state index in [0.717, 1.165) is 18.8 Å². The van der Waals surface area contributed by atoms with E-state index in [4.69, 9.17) is 5.73 Å². The second-order valence-corrected chi connectivity index (χ2v) is 5.69. The van der Waals surface area contributed by atoms with Crippen LogP contribution in [0.4, 0.5) is 0 Å². The van der Waals surface area contributed by atoms with Crippen molar-refractivity contribution in [2.45, 2.75) is 58.9 Å². The predicted molar refractivity (Wildman–Crippen MR) is 74.3 cm³/mol. The highest BCUT2D eigenvalue weighted by Crippen LogP contribution is 2.27. The summed E-state index contributed by atoms with van der Waals surface area (Å²) >= 11 is 0. The van der Waals surface area contributed by atoms with Crippen LogP contribution in [-0.2, 0) is 4.79 Å².